The first-order chi connectivity index (χ1) is 16.7. The predicted molar refractivity (Wildman–Crippen MR) is 134 cm³/mol. The molecule has 1 aromatic heterocycles. The van der Waals surface area contributed by atoms with E-state index >= 15 is 0 Å². The molecule has 2 N–H and O–H groups in total. The molecule has 1 spiro atoms. The second-order valence-corrected chi connectivity index (χ2v) is 12.5. The number of allylic oxidation sites excluding steroid dienone is 1. The summed E-state index contributed by atoms with van der Waals surface area (Å²) in [6.07, 6.45) is 4.36. The van der Waals surface area contributed by atoms with Crippen molar-refractivity contribution in [2.75, 3.05) is 6.61 Å². The molecule has 2 fully saturated rings. The number of rotatable bonds is 2. The van der Waals surface area contributed by atoms with Gasteiger partial charge in [-0.05, 0) is 74.1 Å². The van der Waals surface area contributed by atoms with Gasteiger partial charge in [0.15, 0.2) is 23.3 Å². The number of fused-ring (bicyclic) bond motifs is 3. The number of Topliss-reactive ketones (excluding diaryl/α,β-unsaturated/α-hetero) is 1. The summed E-state index contributed by atoms with van der Waals surface area (Å²) in [6, 6.07) is 1.80. The van der Waals surface area contributed by atoms with E-state index in [1.165, 1.54) is 0 Å². The van der Waals surface area contributed by atoms with E-state index in [0.717, 1.165) is 17.6 Å². The van der Waals surface area contributed by atoms with Crippen LogP contribution in [0.25, 0.3) is 0 Å². The first kappa shape index (κ1) is 25.4. The van der Waals surface area contributed by atoms with Gasteiger partial charge in [-0.15, -0.1) is 0 Å². The summed E-state index contributed by atoms with van der Waals surface area (Å²) < 4.78 is 18.6. The van der Waals surface area contributed by atoms with Crippen LogP contribution in [0.5, 0.6) is 0 Å². The molecule has 2 bridgehead atoms. The lowest BCUT2D eigenvalue weighted by atomic mass is 9.59. The minimum absolute atomic E-state index is 0.0379. The fourth-order valence-electron chi connectivity index (χ4n) is 7.19. The molecule has 1 aromatic rings. The number of esters is 1. The van der Waals surface area contributed by atoms with Crippen LogP contribution in [0.15, 0.2) is 35.6 Å². The first-order valence-electron chi connectivity index (χ1n) is 13.0. The lowest BCUT2D eigenvalue weighted by molar-refractivity contribution is -0.302. The largest absolute Gasteiger partial charge is 0.450 e. The number of H-pyrrole nitrogens is 1. The molecule has 0 aromatic carbocycles. The van der Waals surface area contributed by atoms with E-state index < -0.39 is 40.9 Å². The van der Waals surface area contributed by atoms with Crippen LogP contribution in [0.1, 0.15) is 70.9 Å². The maximum Gasteiger partial charge on any atom is 0.355 e. The SMILES string of the molecule is CC1=C[C@]23C(=O)[C@@H](C=C4COC(C)(C)O[C@H]4[C@]2(O)[C@H]1OC(=O)c1[nH]ccc1C)C(C)(C)[C@@H](C)C[C@H]3C. The molecule has 3 aliphatic carbocycles. The van der Waals surface area contributed by atoms with Crippen LogP contribution in [0.2, 0.25) is 0 Å². The van der Waals surface area contributed by atoms with Gasteiger partial charge in [-0.2, -0.15) is 0 Å². The van der Waals surface area contributed by atoms with Crippen molar-refractivity contribution in [2.45, 2.75) is 85.4 Å². The number of ketones is 1. The smallest absolute Gasteiger partial charge is 0.355 e. The van der Waals surface area contributed by atoms with Crippen LogP contribution in [0, 0.1) is 35.5 Å². The number of aryl methyl sites for hydroxylation is 1. The van der Waals surface area contributed by atoms with Crippen LogP contribution in [-0.2, 0) is 19.0 Å². The zero-order chi connectivity index (χ0) is 26.4. The molecule has 1 saturated heterocycles. The summed E-state index contributed by atoms with van der Waals surface area (Å²) in [6.45, 7) is 16.0. The maximum absolute atomic E-state index is 14.7. The van der Waals surface area contributed by atoms with Crippen molar-refractivity contribution < 1.29 is 28.9 Å². The Hall–Kier alpha value is -2.22. The second kappa shape index (κ2) is 7.89. The van der Waals surface area contributed by atoms with Crippen molar-refractivity contribution in [3.8, 4) is 0 Å². The van der Waals surface area contributed by atoms with Crippen molar-refractivity contribution in [2.24, 2.45) is 28.6 Å². The second-order valence-electron chi connectivity index (χ2n) is 12.5. The summed E-state index contributed by atoms with van der Waals surface area (Å²) in [7, 11) is 0. The van der Waals surface area contributed by atoms with Gasteiger partial charge < -0.3 is 24.3 Å². The van der Waals surface area contributed by atoms with E-state index in [0.29, 0.717) is 11.3 Å². The average Bonchev–Trinajstić information content (AvgIpc) is 3.28. The predicted octanol–water partition coefficient (Wildman–Crippen LogP) is 4.50. The van der Waals surface area contributed by atoms with Crippen LogP contribution >= 0.6 is 0 Å². The lowest BCUT2D eigenvalue weighted by Crippen LogP contribution is -2.68. The van der Waals surface area contributed by atoms with Crippen molar-refractivity contribution in [3.63, 3.8) is 0 Å². The van der Waals surface area contributed by atoms with E-state index in [1.54, 1.807) is 26.1 Å². The Morgan fingerprint density at radius 1 is 1.17 bits per heavy atom. The lowest BCUT2D eigenvalue weighted by Gasteiger charge is -2.52. The number of nitrogens with one attached hydrogen (secondary N) is 1. The Balaban J connectivity index is 1.73. The van der Waals surface area contributed by atoms with E-state index in [1.807, 2.05) is 32.9 Å². The first-order valence-corrected chi connectivity index (χ1v) is 13.0. The fourth-order valence-corrected chi connectivity index (χ4v) is 7.19. The molecule has 4 aliphatic rings. The highest BCUT2D eigenvalue weighted by atomic mass is 16.7. The molecular weight excluding hydrogens is 458 g/mol. The number of aliphatic hydroxyl groups is 1. The Morgan fingerprint density at radius 2 is 1.86 bits per heavy atom. The molecule has 7 heteroatoms. The third-order valence-electron chi connectivity index (χ3n) is 9.67. The van der Waals surface area contributed by atoms with Crippen molar-refractivity contribution in [3.05, 3.63) is 46.8 Å². The van der Waals surface area contributed by atoms with Gasteiger partial charge in [0.1, 0.15) is 11.8 Å². The number of hydrogen-bond acceptors (Lipinski definition) is 6. The normalized spacial score (nSPS) is 40.8. The highest BCUT2D eigenvalue weighted by Gasteiger charge is 2.74. The Bertz CT molecular complexity index is 1170. The molecule has 1 aliphatic heterocycles. The molecule has 1 saturated carbocycles. The standard InChI is InChI=1S/C29H39NO6/c1-15-9-10-30-21(15)25(32)35-23-16(2)13-28-18(4)11-17(3)26(5,6)20(22(28)31)12-19-14-34-27(7,8)36-24(19)29(23,28)33/h9-10,12-13,17-18,20,23-24,30,33H,11,14H2,1-8H3/t17-,18+,20+,23-,24+,28-,29+/m0/s1. The molecule has 36 heavy (non-hydrogen) atoms. The highest BCUT2D eigenvalue weighted by Crippen LogP contribution is 2.63. The third kappa shape index (κ3) is 3.21. The maximum atomic E-state index is 14.7. The number of aromatic nitrogens is 1. The van der Waals surface area contributed by atoms with Gasteiger partial charge in [-0.25, -0.2) is 4.79 Å². The molecule has 2 heterocycles. The van der Waals surface area contributed by atoms with Crippen LogP contribution < -0.4 is 0 Å². The number of carbonyl (C=O) groups is 2. The third-order valence-corrected chi connectivity index (χ3v) is 9.67. The molecule has 0 amide bonds. The van der Waals surface area contributed by atoms with E-state index in [9.17, 15) is 14.7 Å². The minimum Gasteiger partial charge on any atom is -0.450 e. The topological polar surface area (TPSA) is 97.8 Å². The zero-order valence-electron chi connectivity index (χ0n) is 22.6. The van der Waals surface area contributed by atoms with Gasteiger partial charge in [0, 0.05) is 12.1 Å². The van der Waals surface area contributed by atoms with Gasteiger partial charge in [-0.1, -0.05) is 39.8 Å². The van der Waals surface area contributed by atoms with Gasteiger partial charge in [-0.3, -0.25) is 4.79 Å². The number of aromatic amines is 1. The summed E-state index contributed by atoms with van der Waals surface area (Å²) in [5.41, 5.74) is -0.982. The average molecular weight is 498 g/mol. The Morgan fingerprint density at radius 3 is 2.50 bits per heavy atom. The van der Waals surface area contributed by atoms with Gasteiger partial charge >= 0.3 is 5.97 Å². The quantitative estimate of drug-likeness (QED) is 0.461. The van der Waals surface area contributed by atoms with Crippen molar-refractivity contribution in [1.29, 1.82) is 0 Å². The van der Waals surface area contributed by atoms with Crippen molar-refractivity contribution >= 4 is 11.8 Å². The van der Waals surface area contributed by atoms with Crippen molar-refractivity contribution in [1.82, 2.24) is 4.98 Å². The van der Waals surface area contributed by atoms with Crippen LogP contribution in [-0.4, -0.2) is 52.0 Å². The molecule has 5 rings (SSSR count). The Kier molecular flexibility index (Phi) is 5.57. The van der Waals surface area contributed by atoms with Crippen LogP contribution in [0.3, 0.4) is 0 Å². The molecule has 7 nitrogen and oxygen atoms in total. The van der Waals surface area contributed by atoms with Gasteiger partial charge in [0.05, 0.1) is 12.0 Å². The molecule has 0 radical (unpaired) electrons. The molecular formula is C29H39NO6. The molecule has 7 atom stereocenters. The summed E-state index contributed by atoms with van der Waals surface area (Å²) in [4.78, 5) is 31.0. The molecule has 196 valence electrons. The fraction of sp³-hybridized carbons (Fsp3) is 0.655. The van der Waals surface area contributed by atoms with E-state index in [4.69, 9.17) is 14.2 Å². The number of ether oxygens (including phenoxy) is 3. The summed E-state index contributed by atoms with van der Waals surface area (Å²) in [5, 5.41) is 13.0. The summed E-state index contributed by atoms with van der Waals surface area (Å²) >= 11 is 0. The van der Waals surface area contributed by atoms with E-state index in [-0.39, 0.29) is 29.6 Å². The highest BCUT2D eigenvalue weighted by molar-refractivity contribution is 5.96. The Labute approximate surface area is 213 Å². The number of hydrogen-bond donors (Lipinski definition) is 2. The monoisotopic (exact) mass is 497 g/mol. The summed E-state index contributed by atoms with van der Waals surface area (Å²) in [5.74, 6) is -2.02. The number of carbonyl (C=O) groups excluding carboxylic acids is 2. The van der Waals surface area contributed by atoms with Crippen LogP contribution in [0.4, 0.5) is 0 Å². The van der Waals surface area contributed by atoms with E-state index in [2.05, 4.69) is 25.8 Å². The van der Waals surface area contributed by atoms with Gasteiger partial charge in [0.2, 0.25) is 0 Å². The van der Waals surface area contributed by atoms with Gasteiger partial charge in [0.25, 0.3) is 0 Å². The molecule has 0 unspecified atom stereocenters. The minimum atomic E-state index is -1.83. The zero-order valence-corrected chi connectivity index (χ0v) is 22.6.